The molecule has 0 fully saturated rings. The quantitative estimate of drug-likeness (QED) is 0.385. The lowest BCUT2D eigenvalue weighted by atomic mass is 10.0. The maximum atomic E-state index is 12.7. The maximum Gasteiger partial charge on any atom is 0.416 e. The van der Waals surface area contributed by atoms with Gasteiger partial charge in [-0.3, -0.25) is 0 Å². The molecule has 0 atom stereocenters. The largest absolute Gasteiger partial charge is 0.416 e. The molecule has 0 spiro atoms. The molecule has 2 aromatic carbocycles. The molecular weight excluding hydrogens is 332 g/mol. The molecule has 0 saturated heterocycles. The van der Waals surface area contributed by atoms with Gasteiger partial charge in [-0.1, -0.05) is 24.3 Å². The Kier molecular flexibility index (Phi) is 4.69. The summed E-state index contributed by atoms with van der Waals surface area (Å²) in [7, 11) is 0. The van der Waals surface area contributed by atoms with Crippen LogP contribution in [0.3, 0.4) is 0 Å². The molecule has 0 aliphatic heterocycles. The Morgan fingerprint density at radius 1 is 0.833 bits per heavy atom. The predicted molar refractivity (Wildman–Crippen MR) is 76.4 cm³/mol. The third kappa shape index (κ3) is 4.16. The zero-order chi connectivity index (χ0) is 18.0. The van der Waals surface area contributed by atoms with Crippen LogP contribution in [0.2, 0.25) is 0 Å². The number of hydrogen-bond acceptors (Lipinski definition) is 1. The SMILES string of the molecule is N#C/C(=C\c1ccc(C(F)(F)F)cc1)c1cccc(C(F)(F)F)c1. The summed E-state index contributed by atoms with van der Waals surface area (Å²) in [6.07, 6.45) is -7.80. The lowest BCUT2D eigenvalue weighted by molar-refractivity contribution is -0.138. The minimum atomic E-state index is -4.55. The number of alkyl halides is 6. The van der Waals surface area contributed by atoms with E-state index in [1.165, 1.54) is 12.1 Å². The molecule has 7 heteroatoms. The third-order valence-corrected chi connectivity index (χ3v) is 3.17. The third-order valence-electron chi connectivity index (χ3n) is 3.17. The van der Waals surface area contributed by atoms with Crippen LogP contribution in [0.4, 0.5) is 26.3 Å². The molecule has 2 aromatic rings. The van der Waals surface area contributed by atoms with Gasteiger partial charge in [-0.15, -0.1) is 0 Å². The highest BCUT2D eigenvalue weighted by Gasteiger charge is 2.31. The zero-order valence-corrected chi connectivity index (χ0v) is 11.9. The number of halogens is 6. The van der Waals surface area contributed by atoms with Gasteiger partial charge >= 0.3 is 12.4 Å². The van der Waals surface area contributed by atoms with E-state index in [0.29, 0.717) is 0 Å². The van der Waals surface area contributed by atoms with E-state index in [0.717, 1.165) is 42.5 Å². The van der Waals surface area contributed by atoms with E-state index in [1.54, 1.807) is 6.07 Å². The van der Waals surface area contributed by atoms with Gasteiger partial charge in [-0.25, -0.2) is 0 Å². The normalized spacial score (nSPS) is 12.8. The molecule has 2 rings (SSSR count). The molecule has 1 nitrogen and oxygen atoms in total. The highest BCUT2D eigenvalue weighted by Crippen LogP contribution is 2.32. The van der Waals surface area contributed by atoms with Gasteiger partial charge < -0.3 is 0 Å². The van der Waals surface area contributed by atoms with Gasteiger partial charge in [0.1, 0.15) is 0 Å². The Balaban J connectivity index is 2.39. The highest BCUT2D eigenvalue weighted by atomic mass is 19.4. The van der Waals surface area contributed by atoms with Crippen LogP contribution in [0.1, 0.15) is 22.3 Å². The minimum Gasteiger partial charge on any atom is -0.192 e. The van der Waals surface area contributed by atoms with Crippen LogP contribution in [-0.4, -0.2) is 0 Å². The van der Waals surface area contributed by atoms with Gasteiger partial charge in [0.05, 0.1) is 22.8 Å². The summed E-state index contributed by atoms with van der Waals surface area (Å²) >= 11 is 0. The molecule has 0 aliphatic rings. The van der Waals surface area contributed by atoms with Crippen LogP contribution >= 0.6 is 0 Å². The molecule has 124 valence electrons. The maximum absolute atomic E-state index is 12.7. The topological polar surface area (TPSA) is 23.8 Å². The predicted octanol–water partition coefficient (Wildman–Crippen LogP) is 5.79. The Morgan fingerprint density at radius 3 is 1.92 bits per heavy atom. The number of nitriles is 1. The lowest BCUT2D eigenvalue weighted by Gasteiger charge is -2.08. The van der Waals surface area contributed by atoms with Crippen molar-refractivity contribution >= 4 is 11.6 Å². The van der Waals surface area contributed by atoms with E-state index < -0.39 is 23.5 Å². The van der Waals surface area contributed by atoms with Gasteiger partial charge in [-0.05, 0) is 41.5 Å². The molecular formula is C17H9F6N. The van der Waals surface area contributed by atoms with Crippen molar-refractivity contribution in [1.29, 1.82) is 5.26 Å². The van der Waals surface area contributed by atoms with Crippen molar-refractivity contribution < 1.29 is 26.3 Å². The molecule has 0 saturated carbocycles. The minimum absolute atomic E-state index is 0.0345. The van der Waals surface area contributed by atoms with Crippen molar-refractivity contribution in [3.63, 3.8) is 0 Å². The Bertz CT molecular complexity index is 792. The average molecular weight is 341 g/mol. The van der Waals surface area contributed by atoms with Crippen molar-refractivity contribution in [2.75, 3.05) is 0 Å². The van der Waals surface area contributed by atoms with Crippen molar-refractivity contribution in [3.05, 3.63) is 70.8 Å². The summed E-state index contributed by atoms with van der Waals surface area (Å²) in [4.78, 5) is 0. The number of nitrogens with zero attached hydrogens (tertiary/aromatic N) is 1. The summed E-state index contributed by atoms with van der Waals surface area (Å²) < 4.78 is 75.6. The van der Waals surface area contributed by atoms with Crippen LogP contribution in [-0.2, 0) is 12.4 Å². The Labute approximate surface area is 133 Å². The standard InChI is InChI=1S/C17H9F6N/c18-16(19,20)14-6-4-11(5-7-14)8-13(10-24)12-2-1-3-15(9-12)17(21,22)23/h1-9H/b13-8+. The number of hydrogen-bond donors (Lipinski definition) is 0. The first-order chi connectivity index (χ1) is 11.1. The second kappa shape index (κ2) is 6.40. The first kappa shape index (κ1) is 17.6. The smallest absolute Gasteiger partial charge is 0.192 e. The monoisotopic (exact) mass is 341 g/mol. The van der Waals surface area contributed by atoms with Crippen LogP contribution in [0.5, 0.6) is 0 Å². The molecule has 0 N–H and O–H groups in total. The van der Waals surface area contributed by atoms with Gasteiger partial charge in [0.2, 0.25) is 0 Å². The summed E-state index contributed by atoms with van der Waals surface area (Å²) in [5.74, 6) is 0. The van der Waals surface area contributed by atoms with Gasteiger partial charge in [0, 0.05) is 0 Å². The van der Waals surface area contributed by atoms with Crippen LogP contribution in [0.15, 0.2) is 48.5 Å². The summed E-state index contributed by atoms with van der Waals surface area (Å²) in [6, 6.07) is 9.92. The molecule has 0 amide bonds. The van der Waals surface area contributed by atoms with Gasteiger partial charge in [-0.2, -0.15) is 31.6 Å². The first-order valence-electron chi connectivity index (χ1n) is 6.58. The van der Waals surface area contributed by atoms with Crippen molar-refractivity contribution in [1.82, 2.24) is 0 Å². The molecule has 0 bridgehead atoms. The second-order valence-corrected chi connectivity index (χ2v) is 4.87. The lowest BCUT2D eigenvalue weighted by Crippen LogP contribution is -2.05. The van der Waals surface area contributed by atoms with Crippen LogP contribution in [0, 0.1) is 11.3 Å². The van der Waals surface area contributed by atoms with Crippen molar-refractivity contribution in [2.24, 2.45) is 0 Å². The summed E-state index contributed by atoms with van der Waals surface area (Å²) in [5, 5.41) is 9.14. The first-order valence-corrected chi connectivity index (χ1v) is 6.58. The molecule has 0 aromatic heterocycles. The second-order valence-electron chi connectivity index (χ2n) is 4.87. The highest BCUT2D eigenvalue weighted by molar-refractivity contribution is 5.89. The Morgan fingerprint density at radius 2 is 1.42 bits per heavy atom. The number of rotatable bonds is 2. The molecule has 0 radical (unpaired) electrons. The molecule has 0 unspecified atom stereocenters. The molecule has 0 aliphatic carbocycles. The van der Waals surface area contributed by atoms with E-state index in [9.17, 15) is 26.3 Å². The Hall–Kier alpha value is -2.75. The average Bonchev–Trinajstić information content (AvgIpc) is 2.51. The van der Waals surface area contributed by atoms with Crippen molar-refractivity contribution in [3.8, 4) is 6.07 Å². The van der Waals surface area contributed by atoms with E-state index in [1.807, 2.05) is 0 Å². The fourth-order valence-electron chi connectivity index (χ4n) is 1.98. The van der Waals surface area contributed by atoms with Gasteiger partial charge in [0.15, 0.2) is 0 Å². The van der Waals surface area contributed by atoms with Crippen LogP contribution in [0.25, 0.3) is 11.6 Å². The molecule has 24 heavy (non-hydrogen) atoms. The van der Waals surface area contributed by atoms with Gasteiger partial charge in [0.25, 0.3) is 0 Å². The number of benzene rings is 2. The van der Waals surface area contributed by atoms with E-state index in [4.69, 9.17) is 5.26 Å². The summed E-state index contributed by atoms with van der Waals surface area (Å²) in [5.41, 5.74) is -1.53. The van der Waals surface area contributed by atoms with E-state index in [2.05, 4.69) is 0 Å². The zero-order valence-electron chi connectivity index (χ0n) is 11.9. The fourth-order valence-corrected chi connectivity index (χ4v) is 1.98. The van der Waals surface area contributed by atoms with Crippen molar-refractivity contribution in [2.45, 2.75) is 12.4 Å². The van der Waals surface area contributed by atoms with E-state index in [-0.39, 0.29) is 16.7 Å². The molecule has 0 heterocycles. The number of allylic oxidation sites excluding steroid dienone is 1. The van der Waals surface area contributed by atoms with E-state index >= 15 is 0 Å². The fraction of sp³-hybridized carbons (Fsp3) is 0.118. The van der Waals surface area contributed by atoms with Crippen LogP contribution < -0.4 is 0 Å². The summed E-state index contributed by atoms with van der Waals surface area (Å²) in [6.45, 7) is 0.